The van der Waals surface area contributed by atoms with Crippen LogP contribution in [0.2, 0.25) is 10.0 Å². The fourth-order valence-corrected chi connectivity index (χ4v) is 3.18. The monoisotopic (exact) mass is 396 g/mol. The number of methoxy groups -OCH3 is 1. The van der Waals surface area contributed by atoms with Crippen LogP contribution >= 0.6 is 23.2 Å². The first kappa shape index (κ1) is 20.6. The number of halogens is 2. The van der Waals surface area contributed by atoms with Crippen LogP contribution in [0.4, 0.5) is 0 Å². The Morgan fingerprint density at radius 2 is 1.77 bits per heavy atom. The lowest BCUT2D eigenvalue weighted by atomic mass is 9.96. The van der Waals surface area contributed by atoms with Crippen LogP contribution in [0.5, 0.6) is 11.5 Å². The van der Waals surface area contributed by atoms with Gasteiger partial charge in [-0.1, -0.05) is 49.2 Å². The molecule has 2 rings (SSSR count). The number of hydrogen-bond acceptors (Lipinski definition) is 4. The minimum Gasteiger partial charge on any atom is -0.508 e. The minimum absolute atomic E-state index is 0.00140. The van der Waals surface area contributed by atoms with E-state index in [0.717, 1.165) is 16.7 Å². The Balaban J connectivity index is 2.18. The van der Waals surface area contributed by atoms with Gasteiger partial charge in [0.05, 0.1) is 0 Å². The molecule has 0 unspecified atom stereocenters. The molecule has 4 nitrogen and oxygen atoms in total. The van der Waals surface area contributed by atoms with Gasteiger partial charge in [-0.3, -0.25) is 4.79 Å². The van der Waals surface area contributed by atoms with Gasteiger partial charge >= 0.3 is 0 Å². The van der Waals surface area contributed by atoms with E-state index in [9.17, 15) is 9.90 Å². The van der Waals surface area contributed by atoms with Gasteiger partial charge in [-0.15, -0.1) is 0 Å². The Hall–Kier alpha value is -1.75. The van der Waals surface area contributed by atoms with Crippen LogP contribution in [0.15, 0.2) is 30.3 Å². The van der Waals surface area contributed by atoms with E-state index >= 15 is 0 Å². The van der Waals surface area contributed by atoms with Gasteiger partial charge in [0.15, 0.2) is 5.78 Å². The third-order valence-electron chi connectivity index (χ3n) is 3.91. The van der Waals surface area contributed by atoms with Crippen LogP contribution < -0.4 is 4.74 Å². The average Bonchev–Trinajstić information content (AvgIpc) is 2.57. The van der Waals surface area contributed by atoms with Crippen molar-refractivity contribution in [1.82, 2.24) is 0 Å². The number of aromatic hydroxyl groups is 1. The first-order valence-corrected chi connectivity index (χ1v) is 9.00. The van der Waals surface area contributed by atoms with Crippen molar-refractivity contribution in [2.45, 2.75) is 26.2 Å². The molecule has 0 heterocycles. The molecule has 26 heavy (non-hydrogen) atoms. The molecule has 0 radical (unpaired) electrons. The predicted octanol–water partition coefficient (Wildman–Crippen LogP) is 5.01. The van der Waals surface area contributed by atoms with Crippen molar-refractivity contribution in [2.24, 2.45) is 0 Å². The first-order valence-electron chi connectivity index (χ1n) is 8.25. The summed E-state index contributed by atoms with van der Waals surface area (Å²) < 4.78 is 10.2. The maximum atomic E-state index is 11.5. The highest BCUT2D eigenvalue weighted by Crippen LogP contribution is 2.33. The number of phenols is 1. The molecular formula is C20H22Cl2O4. The summed E-state index contributed by atoms with van der Waals surface area (Å²) in [5, 5.41) is 10.9. The molecule has 0 saturated heterocycles. The quantitative estimate of drug-likeness (QED) is 0.681. The molecule has 0 bridgehead atoms. The van der Waals surface area contributed by atoms with Gasteiger partial charge in [0.1, 0.15) is 24.7 Å². The number of phenolic OH excluding ortho intramolecular Hbond substituents is 1. The van der Waals surface area contributed by atoms with Gasteiger partial charge < -0.3 is 14.6 Å². The van der Waals surface area contributed by atoms with E-state index < -0.39 is 0 Å². The zero-order chi connectivity index (χ0) is 19.3. The smallest absolute Gasteiger partial charge is 0.195 e. The number of rotatable bonds is 8. The molecule has 0 saturated carbocycles. The highest BCUT2D eigenvalue weighted by Gasteiger charge is 2.13. The summed E-state index contributed by atoms with van der Waals surface area (Å²) in [7, 11) is 1.45. The lowest BCUT2D eigenvalue weighted by molar-refractivity contribution is -0.124. The molecule has 0 aliphatic carbocycles. The van der Waals surface area contributed by atoms with Gasteiger partial charge in [0.2, 0.25) is 0 Å². The normalized spacial score (nSPS) is 11.0. The molecule has 0 fully saturated rings. The SMILES string of the molecule is COCC(=O)COc1cc(Cl)c(Cc2ccc(O)c(C(C)C)c2)c(Cl)c1. The second kappa shape index (κ2) is 9.26. The summed E-state index contributed by atoms with van der Waals surface area (Å²) in [6, 6.07) is 8.78. The minimum atomic E-state index is -0.172. The van der Waals surface area contributed by atoms with Crippen LogP contribution in [-0.2, 0) is 16.0 Å². The van der Waals surface area contributed by atoms with Crippen molar-refractivity contribution in [3.05, 3.63) is 57.1 Å². The van der Waals surface area contributed by atoms with Crippen molar-refractivity contribution in [1.29, 1.82) is 0 Å². The molecule has 2 aromatic carbocycles. The molecule has 0 aromatic heterocycles. The number of carbonyl (C=O) groups excluding carboxylic acids is 1. The van der Waals surface area contributed by atoms with Crippen molar-refractivity contribution < 1.29 is 19.4 Å². The Kier molecular flexibility index (Phi) is 7.33. The van der Waals surface area contributed by atoms with E-state index in [2.05, 4.69) is 0 Å². The Morgan fingerprint density at radius 1 is 1.12 bits per heavy atom. The lowest BCUT2D eigenvalue weighted by Gasteiger charge is -2.13. The summed E-state index contributed by atoms with van der Waals surface area (Å²) >= 11 is 12.7. The first-order chi connectivity index (χ1) is 12.3. The van der Waals surface area contributed by atoms with Gasteiger partial charge in [0.25, 0.3) is 0 Å². The van der Waals surface area contributed by atoms with Crippen molar-refractivity contribution >= 4 is 29.0 Å². The summed E-state index contributed by atoms with van der Waals surface area (Å²) in [6.45, 7) is 3.94. The molecule has 0 aliphatic rings. The van der Waals surface area contributed by atoms with Crippen molar-refractivity contribution in [3.8, 4) is 11.5 Å². The second-order valence-electron chi connectivity index (χ2n) is 6.35. The van der Waals surface area contributed by atoms with Crippen molar-refractivity contribution in [2.75, 3.05) is 20.3 Å². The van der Waals surface area contributed by atoms with E-state index in [4.69, 9.17) is 32.7 Å². The average molecular weight is 397 g/mol. The molecule has 0 aliphatic heterocycles. The highest BCUT2D eigenvalue weighted by molar-refractivity contribution is 6.36. The van der Waals surface area contributed by atoms with Gasteiger partial charge in [-0.05, 0) is 40.8 Å². The van der Waals surface area contributed by atoms with Crippen LogP contribution in [0, 0.1) is 0 Å². The number of hydrogen-bond donors (Lipinski definition) is 1. The zero-order valence-corrected chi connectivity index (χ0v) is 16.5. The number of benzene rings is 2. The van der Waals surface area contributed by atoms with Gasteiger partial charge in [0, 0.05) is 23.6 Å². The number of ketones is 1. The largest absolute Gasteiger partial charge is 0.508 e. The number of Topliss-reactive ketones (excluding diaryl/α,β-unsaturated/α-hetero) is 1. The summed E-state index contributed by atoms with van der Waals surface area (Å²) in [5.74, 6) is 0.752. The third kappa shape index (κ3) is 5.37. The molecule has 6 heteroatoms. The Morgan fingerprint density at radius 3 is 2.35 bits per heavy atom. The van der Waals surface area contributed by atoms with Crippen LogP contribution in [0.3, 0.4) is 0 Å². The topological polar surface area (TPSA) is 55.8 Å². The zero-order valence-electron chi connectivity index (χ0n) is 15.0. The summed E-state index contributed by atoms with van der Waals surface area (Å²) in [6.07, 6.45) is 0.528. The van der Waals surface area contributed by atoms with E-state index in [-0.39, 0.29) is 30.7 Å². The highest BCUT2D eigenvalue weighted by atomic mass is 35.5. The summed E-state index contributed by atoms with van der Waals surface area (Å²) in [4.78, 5) is 11.5. The Labute approximate surface area is 163 Å². The molecule has 140 valence electrons. The second-order valence-corrected chi connectivity index (χ2v) is 7.16. The molecule has 2 aromatic rings. The lowest BCUT2D eigenvalue weighted by Crippen LogP contribution is -2.16. The maximum Gasteiger partial charge on any atom is 0.195 e. The van der Waals surface area contributed by atoms with Crippen LogP contribution in [0.25, 0.3) is 0 Å². The van der Waals surface area contributed by atoms with Crippen LogP contribution in [0.1, 0.15) is 36.5 Å². The number of carbonyl (C=O) groups is 1. The van der Waals surface area contributed by atoms with Gasteiger partial charge in [-0.2, -0.15) is 0 Å². The molecule has 1 N–H and O–H groups in total. The van der Waals surface area contributed by atoms with Crippen LogP contribution in [-0.4, -0.2) is 31.2 Å². The fraction of sp³-hybridized carbons (Fsp3) is 0.350. The molecular weight excluding hydrogens is 375 g/mol. The van der Waals surface area contributed by atoms with E-state index in [0.29, 0.717) is 22.2 Å². The molecule has 0 atom stereocenters. The van der Waals surface area contributed by atoms with Crippen molar-refractivity contribution in [3.63, 3.8) is 0 Å². The van der Waals surface area contributed by atoms with E-state index in [1.165, 1.54) is 7.11 Å². The Bertz CT molecular complexity index is 764. The predicted molar refractivity (Wildman–Crippen MR) is 104 cm³/mol. The van der Waals surface area contributed by atoms with E-state index in [1.54, 1.807) is 18.2 Å². The van der Waals surface area contributed by atoms with Gasteiger partial charge in [-0.25, -0.2) is 0 Å². The third-order valence-corrected chi connectivity index (χ3v) is 4.59. The standard InChI is InChI=1S/C20H22Cl2O4/c1-12(2)16-6-13(4-5-20(16)24)7-17-18(21)8-15(9-19(17)22)26-11-14(23)10-25-3/h4-6,8-9,12,24H,7,10-11H2,1-3H3. The number of ether oxygens (including phenoxy) is 2. The molecule has 0 amide bonds. The molecule has 0 spiro atoms. The van der Waals surface area contributed by atoms with E-state index in [1.807, 2.05) is 26.0 Å². The fourth-order valence-electron chi connectivity index (χ4n) is 2.58. The summed E-state index contributed by atoms with van der Waals surface area (Å²) in [5.41, 5.74) is 2.65. The maximum absolute atomic E-state index is 11.5.